The third-order valence-electron chi connectivity index (χ3n) is 3.40. The summed E-state index contributed by atoms with van der Waals surface area (Å²) in [5.74, 6) is 1.50. The number of nitrogens with one attached hydrogen (secondary N) is 1. The van der Waals surface area contributed by atoms with Crippen LogP contribution in [-0.2, 0) is 7.05 Å². The van der Waals surface area contributed by atoms with Crippen LogP contribution in [0.3, 0.4) is 0 Å². The van der Waals surface area contributed by atoms with E-state index in [-0.39, 0.29) is 0 Å². The second-order valence-corrected chi connectivity index (χ2v) is 4.96. The summed E-state index contributed by atoms with van der Waals surface area (Å²) in [5, 5.41) is 8.65. The topological polar surface area (TPSA) is 64.9 Å². The Labute approximate surface area is 122 Å². The van der Waals surface area contributed by atoms with Gasteiger partial charge in [0.1, 0.15) is 17.9 Å². The van der Waals surface area contributed by atoms with Crippen LogP contribution in [0.2, 0.25) is 0 Å². The van der Waals surface area contributed by atoms with Crippen molar-refractivity contribution in [2.45, 2.75) is 13.8 Å². The lowest BCUT2D eigenvalue weighted by Crippen LogP contribution is -1.99. The molecule has 3 rings (SSSR count). The lowest BCUT2D eigenvalue weighted by Gasteiger charge is -2.12. The zero-order valence-corrected chi connectivity index (χ0v) is 12.5. The molecule has 0 aliphatic heterocycles. The lowest BCUT2D eigenvalue weighted by atomic mass is 10.2. The number of nitrogens with zero attached hydrogens (tertiary/aromatic N) is 4. The van der Waals surface area contributed by atoms with Gasteiger partial charge in [-0.3, -0.25) is 4.68 Å². The van der Waals surface area contributed by atoms with Crippen molar-refractivity contribution in [2.24, 2.45) is 7.05 Å². The van der Waals surface area contributed by atoms with Crippen LogP contribution in [0.15, 0.2) is 24.5 Å². The minimum absolute atomic E-state index is 0.731. The molecule has 1 N–H and O–H groups in total. The normalized spacial score (nSPS) is 10.9. The van der Waals surface area contributed by atoms with Gasteiger partial charge in [0.25, 0.3) is 0 Å². The van der Waals surface area contributed by atoms with Crippen LogP contribution in [0.5, 0.6) is 5.75 Å². The predicted octanol–water partition coefficient (Wildman–Crippen LogP) is 2.73. The van der Waals surface area contributed by atoms with Gasteiger partial charge in [-0.2, -0.15) is 5.10 Å². The number of methoxy groups -OCH3 is 1. The Balaban J connectivity index is 2.12. The number of rotatable bonds is 3. The van der Waals surface area contributed by atoms with Crippen molar-refractivity contribution in [2.75, 3.05) is 12.4 Å². The number of aryl methyl sites for hydroxylation is 3. The Morgan fingerprint density at radius 2 is 2.00 bits per heavy atom. The highest BCUT2D eigenvalue weighted by Gasteiger charge is 2.13. The van der Waals surface area contributed by atoms with Crippen molar-refractivity contribution in [3.05, 3.63) is 35.8 Å². The first kappa shape index (κ1) is 13.4. The van der Waals surface area contributed by atoms with E-state index in [9.17, 15) is 0 Å². The molecule has 0 spiro atoms. The molecule has 0 radical (unpaired) electrons. The van der Waals surface area contributed by atoms with Gasteiger partial charge in [0.15, 0.2) is 5.65 Å². The minimum atomic E-state index is 0.731. The van der Waals surface area contributed by atoms with Crippen molar-refractivity contribution in [3.8, 4) is 5.75 Å². The van der Waals surface area contributed by atoms with Gasteiger partial charge < -0.3 is 10.1 Å². The number of hydrogen-bond acceptors (Lipinski definition) is 5. The molecule has 1 aromatic carbocycles. The van der Waals surface area contributed by atoms with E-state index in [1.807, 2.05) is 39.1 Å². The highest BCUT2D eigenvalue weighted by molar-refractivity contribution is 5.91. The average molecular weight is 283 g/mol. The molecule has 0 aliphatic carbocycles. The van der Waals surface area contributed by atoms with Crippen LogP contribution in [0.25, 0.3) is 11.0 Å². The molecule has 0 unspecified atom stereocenters. The molecular formula is C15H17N5O. The quantitative estimate of drug-likeness (QED) is 0.800. The highest BCUT2D eigenvalue weighted by Crippen LogP contribution is 2.31. The monoisotopic (exact) mass is 283 g/mol. The first-order valence-electron chi connectivity index (χ1n) is 6.66. The molecule has 6 heteroatoms. The summed E-state index contributed by atoms with van der Waals surface area (Å²) in [5.41, 5.74) is 3.71. The summed E-state index contributed by atoms with van der Waals surface area (Å²) < 4.78 is 7.15. The molecule has 0 aliphatic rings. The number of anilines is 2. The standard InChI is InChI=1S/C15H17N5O/c1-9-5-6-12(21-4)11(7-9)18-14-13-10(2)19-20(3)15(13)17-8-16-14/h5-8H,1-4H3,(H,16,17,18). The molecule has 2 aromatic heterocycles. The van der Waals surface area contributed by atoms with E-state index in [2.05, 4.69) is 20.4 Å². The fraction of sp³-hybridized carbons (Fsp3) is 0.267. The summed E-state index contributed by atoms with van der Waals surface area (Å²) in [6, 6.07) is 5.97. The van der Waals surface area contributed by atoms with E-state index < -0.39 is 0 Å². The van der Waals surface area contributed by atoms with Gasteiger partial charge in [-0.1, -0.05) is 6.07 Å². The van der Waals surface area contributed by atoms with Crippen LogP contribution in [0.4, 0.5) is 11.5 Å². The Kier molecular flexibility index (Phi) is 3.21. The van der Waals surface area contributed by atoms with E-state index in [1.165, 1.54) is 6.33 Å². The van der Waals surface area contributed by atoms with Crippen molar-refractivity contribution >= 4 is 22.5 Å². The number of ether oxygens (including phenoxy) is 1. The first-order valence-corrected chi connectivity index (χ1v) is 6.66. The predicted molar refractivity (Wildman–Crippen MR) is 82.1 cm³/mol. The van der Waals surface area contributed by atoms with Gasteiger partial charge in [0, 0.05) is 7.05 Å². The fourth-order valence-electron chi connectivity index (χ4n) is 2.42. The van der Waals surface area contributed by atoms with E-state index >= 15 is 0 Å². The van der Waals surface area contributed by atoms with Crippen LogP contribution in [-0.4, -0.2) is 26.9 Å². The van der Waals surface area contributed by atoms with Gasteiger partial charge >= 0.3 is 0 Å². The first-order chi connectivity index (χ1) is 10.1. The summed E-state index contributed by atoms with van der Waals surface area (Å²) in [4.78, 5) is 8.63. The molecule has 2 heterocycles. The zero-order valence-electron chi connectivity index (χ0n) is 12.5. The number of benzene rings is 1. The highest BCUT2D eigenvalue weighted by atomic mass is 16.5. The maximum Gasteiger partial charge on any atom is 0.163 e. The number of hydrogen-bond donors (Lipinski definition) is 1. The molecule has 108 valence electrons. The fourth-order valence-corrected chi connectivity index (χ4v) is 2.42. The van der Waals surface area contributed by atoms with Crippen LogP contribution in [0, 0.1) is 13.8 Å². The van der Waals surface area contributed by atoms with Gasteiger partial charge in [-0.05, 0) is 31.5 Å². The second kappa shape index (κ2) is 5.05. The summed E-state index contributed by atoms with van der Waals surface area (Å²) in [7, 11) is 3.53. The summed E-state index contributed by atoms with van der Waals surface area (Å²) in [6.07, 6.45) is 1.54. The maximum atomic E-state index is 5.39. The van der Waals surface area contributed by atoms with E-state index in [1.54, 1.807) is 11.8 Å². The summed E-state index contributed by atoms with van der Waals surface area (Å²) in [6.45, 7) is 3.99. The molecule has 0 saturated heterocycles. The van der Waals surface area contributed by atoms with Crippen molar-refractivity contribution in [1.82, 2.24) is 19.7 Å². The third-order valence-corrected chi connectivity index (χ3v) is 3.40. The molecule has 6 nitrogen and oxygen atoms in total. The SMILES string of the molecule is COc1ccc(C)cc1Nc1ncnc2c1c(C)nn2C. The van der Waals surface area contributed by atoms with E-state index in [0.717, 1.165) is 39.5 Å². The molecule has 0 amide bonds. The number of aromatic nitrogens is 4. The lowest BCUT2D eigenvalue weighted by molar-refractivity contribution is 0.416. The molecular weight excluding hydrogens is 266 g/mol. The molecule has 0 fully saturated rings. The maximum absolute atomic E-state index is 5.39. The van der Waals surface area contributed by atoms with Crippen molar-refractivity contribution in [3.63, 3.8) is 0 Å². The Hall–Kier alpha value is -2.63. The van der Waals surface area contributed by atoms with Gasteiger partial charge in [0.05, 0.1) is 23.9 Å². The molecule has 0 saturated carbocycles. The van der Waals surface area contributed by atoms with Crippen LogP contribution in [0.1, 0.15) is 11.3 Å². The van der Waals surface area contributed by atoms with Gasteiger partial charge in [0.2, 0.25) is 0 Å². The Morgan fingerprint density at radius 1 is 1.19 bits per heavy atom. The van der Waals surface area contributed by atoms with Gasteiger partial charge in [-0.15, -0.1) is 0 Å². The molecule has 3 aromatic rings. The Bertz CT molecular complexity index is 809. The summed E-state index contributed by atoms with van der Waals surface area (Å²) >= 11 is 0. The minimum Gasteiger partial charge on any atom is -0.495 e. The van der Waals surface area contributed by atoms with Crippen LogP contribution < -0.4 is 10.1 Å². The smallest absolute Gasteiger partial charge is 0.163 e. The van der Waals surface area contributed by atoms with E-state index in [0.29, 0.717) is 0 Å². The van der Waals surface area contributed by atoms with Crippen molar-refractivity contribution < 1.29 is 4.74 Å². The largest absolute Gasteiger partial charge is 0.495 e. The zero-order chi connectivity index (χ0) is 15.0. The molecule has 0 atom stereocenters. The van der Waals surface area contributed by atoms with Crippen molar-refractivity contribution in [1.29, 1.82) is 0 Å². The second-order valence-electron chi connectivity index (χ2n) is 4.96. The number of fused-ring (bicyclic) bond motifs is 1. The molecule has 21 heavy (non-hydrogen) atoms. The third kappa shape index (κ3) is 2.29. The average Bonchev–Trinajstić information content (AvgIpc) is 2.75. The van der Waals surface area contributed by atoms with Gasteiger partial charge in [-0.25, -0.2) is 9.97 Å². The van der Waals surface area contributed by atoms with Crippen LogP contribution >= 0.6 is 0 Å². The van der Waals surface area contributed by atoms with E-state index in [4.69, 9.17) is 4.74 Å². The molecule has 0 bridgehead atoms. The Morgan fingerprint density at radius 3 is 2.76 bits per heavy atom.